The minimum absolute atomic E-state index is 0.0146. The Morgan fingerprint density at radius 1 is 1.21 bits per heavy atom. The molecule has 2 aromatic heterocycles. The predicted molar refractivity (Wildman–Crippen MR) is 129 cm³/mol. The van der Waals surface area contributed by atoms with Gasteiger partial charge in [0.2, 0.25) is 0 Å². The highest BCUT2D eigenvalue weighted by Gasteiger charge is 2.26. The molecule has 1 aliphatic rings. The Hall–Kier alpha value is -3.01. The molecule has 8 nitrogen and oxygen atoms in total. The van der Waals surface area contributed by atoms with E-state index >= 15 is 0 Å². The number of thiophene rings is 1. The van der Waals surface area contributed by atoms with Crippen LogP contribution in [0.3, 0.4) is 0 Å². The molecule has 3 aromatic rings. The molecule has 0 saturated carbocycles. The zero-order chi connectivity index (χ0) is 23.4. The molecule has 2 N–H and O–H groups in total. The summed E-state index contributed by atoms with van der Waals surface area (Å²) in [6.07, 6.45) is 2.01. The topological polar surface area (TPSA) is 99.6 Å². The minimum atomic E-state index is -0.667. The molecular weight excluding hydrogens is 440 g/mol. The van der Waals surface area contributed by atoms with Gasteiger partial charge >= 0.3 is 5.69 Å². The average molecular weight is 469 g/mol. The number of nitrogens with zero attached hydrogens (tertiary/aromatic N) is 3. The molecule has 1 aromatic carbocycles. The number of hydrogen-bond donors (Lipinski definition) is 1. The molecule has 0 bridgehead atoms. The molecule has 1 unspecified atom stereocenters. The number of carbonyl (C=O) groups excluding carboxylic acids is 1. The Kier molecular flexibility index (Phi) is 7.22. The summed E-state index contributed by atoms with van der Waals surface area (Å²) in [6, 6.07) is 13.3. The summed E-state index contributed by atoms with van der Waals surface area (Å²) >= 11 is 1.62. The van der Waals surface area contributed by atoms with Crippen LogP contribution in [0.5, 0.6) is 0 Å². The number of ketones is 1. The van der Waals surface area contributed by atoms with Crippen molar-refractivity contribution in [3.8, 4) is 0 Å². The Labute approximate surface area is 195 Å². The Bertz CT molecular complexity index is 1210. The third-order valence-electron chi connectivity index (χ3n) is 5.86. The molecular formula is C24H28N4O4S. The first-order chi connectivity index (χ1) is 15.9. The largest absolute Gasteiger partial charge is 0.384 e. The van der Waals surface area contributed by atoms with Gasteiger partial charge < -0.3 is 10.5 Å². The fourth-order valence-corrected chi connectivity index (χ4v) is 4.88. The number of nitrogen functional groups attached to an aromatic ring is 1. The summed E-state index contributed by atoms with van der Waals surface area (Å²) in [5.74, 6) is -0.491. The molecule has 1 saturated heterocycles. The summed E-state index contributed by atoms with van der Waals surface area (Å²) in [6.45, 7) is 2.08. The second-order valence-electron chi connectivity index (χ2n) is 8.29. The van der Waals surface area contributed by atoms with Crippen LogP contribution in [0.4, 0.5) is 5.82 Å². The van der Waals surface area contributed by atoms with E-state index < -0.39 is 17.0 Å². The van der Waals surface area contributed by atoms with Gasteiger partial charge in [0.05, 0.1) is 19.2 Å². The first-order valence-corrected chi connectivity index (χ1v) is 11.8. The number of carbonyl (C=O) groups is 1. The highest BCUT2D eigenvalue weighted by molar-refractivity contribution is 7.09. The van der Waals surface area contributed by atoms with Gasteiger partial charge in [0.1, 0.15) is 11.4 Å². The summed E-state index contributed by atoms with van der Waals surface area (Å²) in [4.78, 5) is 42.2. The zero-order valence-electron chi connectivity index (χ0n) is 18.6. The van der Waals surface area contributed by atoms with Crippen LogP contribution in [0.2, 0.25) is 0 Å². The van der Waals surface area contributed by atoms with E-state index in [2.05, 4.69) is 0 Å². The van der Waals surface area contributed by atoms with Crippen LogP contribution in [0, 0.1) is 0 Å². The molecule has 0 radical (unpaired) electrons. The second kappa shape index (κ2) is 10.3. The molecule has 4 rings (SSSR count). The van der Waals surface area contributed by atoms with Gasteiger partial charge in [0.25, 0.3) is 5.56 Å². The molecule has 9 heteroatoms. The van der Waals surface area contributed by atoms with E-state index in [9.17, 15) is 14.4 Å². The standard InChI is InChI=1S/C24H28N4O4S/c1-26-23(30)21(22(25)28(24(26)31)13-17-7-3-2-4-8-17)20(29)16-27(14-18-9-5-11-32-18)15-19-10-6-12-33-19/h2-4,6-8,10,12,18H,5,9,11,13-16,25H2,1H3. The van der Waals surface area contributed by atoms with Gasteiger partial charge in [-0.05, 0) is 29.9 Å². The SMILES string of the molecule is Cn1c(=O)c(C(=O)CN(Cc2cccs2)CC2CCCO2)c(N)n(Cc2ccccc2)c1=O. The fraction of sp³-hybridized carbons (Fsp3) is 0.375. The van der Waals surface area contributed by atoms with E-state index in [1.807, 2.05) is 52.7 Å². The van der Waals surface area contributed by atoms with Crippen LogP contribution in [0.15, 0.2) is 57.4 Å². The third-order valence-corrected chi connectivity index (χ3v) is 6.72. The lowest BCUT2D eigenvalue weighted by Gasteiger charge is -2.24. The Morgan fingerprint density at radius 2 is 2.00 bits per heavy atom. The molecule has 174 valence electrons. The number of aromatic nitrogens is 2. The molecule has 0 aliphatic carbocycles. The van der Waals surface area contributed by atoms with Crippen molar-refractivity contribution in [1.29, 1.82) is 0 Å². The Balaban J connectivity index is 1.63. The highest BCUT2D eigenvalue weighted by atomic mass is 32.1. The van der Waals surface area contributed by atoms with Gasteiger partial charge in [-0.3, -0.25) is 23.6 Å². The smallest absolute Gasteiger partial charge is 0.332 e. The van der Waals surface area contributed by atoms with Crippen molar-refractivity contribution in [2.45, 2.75) is 32.0 Å². The number of nitrogens with two attached hydrogens (primary N) is 1. The third kappa shape index (κ3) is 5.32. The molecule has 3 heterocycles. The zero-order valence-corrected chi connectivity index (χ0v) is 19.4. The van der Waals surface area contributed by atoms with Gasteiger partial charge in [-0.1, -0.05) is 36.4 Å². The summed E-state index contributed by atoms with van der Waals surface area (Å²) in [5, 5.41) is 1.99. The van der Waals surface area contributed by atoms with Crippen LogP contribution in [-0.2, 0) is 24.9 Å². The van der Waals surface area contributed by atoms with Gasteiger partial charge in [-0.15, -0.1) is 11.3 Å². The van der Waals surface area contributed by atoms with Crippen LogP contribution >= 0.6 is 11.3 Å². The highest BCUT2D eigenvalue weighted by Crippen LogP contribution is 2.18. The van der Waals surface area contributed by atoms with Gasteiger partial charge in [0.15, 0.2) is 5.78 Å². The fourth-order valence-electron chi connectivity index (χ4n) is 4.13. The first-order valence-electron chi connectivity index (χ1n) is 11.0. The summed E-state index contributed by atoms with van der Waals surface area (Å²) in [7, 11) is 1.37. The van der Waals surface area contributed by atoms with Gasteiger partial charge in [-0.25, -0.2) is 4.79 Å². The van der Waals surface area contributed by atoms with E-state index in [0.29, 0.717) is 13.1 Å². The lowest BCUT2D eigenvalue weighted by atomic mass is 10.1. The molecule has 1 atom stereocenters. The first kappa shape index (κ1) is 23.2. The van der Waals surface area contributed by atoms with Crippen LogP contribution in [0.1, 0.15) is 33.6 Å². The number of benzene rings is 1. The van der Waals surface area contributed by atoms with Crippen LogP contribution in [-0.4, -0.2) is 45.6 Å². The minimum Gasteiger partial charge on any atom is -0.384 e. The van der Waals surface area contributed by atoms with Gasteiger partial charge in [0, 0.05) is 31.6 Å². The van der Waals surface area contributed by atoms with Crippen molar-refractivity contribution in [1.82, 2.24) is 14.0 Å². The van der Waals surface area contributed by atoms with Crippen molar-refractivity contribution in [2.75, 3.05) is 25.4 Å². The number of ether oxygens (including phenoxy) is 1. The normalized spacial score (nSPS) is 15.9. The maximum absolute atomic E-state index is 13.4. The number of anilines is 1. The molecule has 0 spiro atoms. The quantitative estimate of drug-likeness (QED) is 0.483. The predicted octanol–water partition coefficient (Wildman–Crippen LogP) is 2.10. The van der Waals surface area contributed by atoms with Crippen LogP contribution in [0.25, 0.3) is 0 Å². The van der Waals surface area contributed by atoms with Gasteiger partial charge in [-0.2, -0.15) is 0 Å². The summed E-state index contributed by atoms with van der Waals surface area (Å²) < 4.78 is 8.01. The Morgan fingerprint density at radius 3 is 2.67 bits per heavy atom. The molecule has 0 amide bonds. The van der Waals surface area contributed by atoms with E-state index in [1.54, 1.807) is 11.3 Å². The van der Waals surface area contributed by atoms with Crippen molar-refractivity contribution in [3.63, 3.8) is 0 Å². The van der Waals surface area contributed by atoms with Crippen molar-refractivity contribution in [3.05, 3.63) is 84.7 Å². The van der Waals surface area contributed by atoms with E-state index in [4.69, 9.17) is 10.5 Å². The monoisotopic (exact) mass is 468 g/mol. The van der Waals surface area contributed by atoms with Crippen molar-refractivity contribution in [2.24, 2.45) is 7.05 Å². The van der Waals surface area contributed by atoms with Crippen molar-refractivity contribution >= 4 is 22.9 Å². The molecule has 1 fully saturated rings. The number of hydrogen-bond acceptors (Lipinski definition) is 7. The summed E-state index contributed by atoms with van der Waals surface area (Å²) in [5.41, 5.74) is 5.76. The lowest BCUT2D eigenvalue weighted by molar-refractivity contribution is 0.0652. The molecule has 33 heavy (non-hydrogen) atoms. The maximum Gasteiger partial charge on any atom is 0.332 e. The lowest BCUT2D eigenvalue weighted by Crippen LogP contribution is -2.44. The molecule has 1 aliphatic heterocycles. The number of rotatable bonds is 9. The maximum atomic E-state index is 13.4. The van der Waals surface area contributed by atoms with Crippen LogP contribution < -0.4 is 17.0 Å². The van der Waals surface area contributed by atoms with Crippen molar-refractivity contribution < 1.29 is 9.53 Å². The number of Topliss-reactive ketones (excluding diaryl/α,β-unsaturated/α-hetero) is 1. The van der Waals surface area contributed by atoms with E-state index in [-0.39, 0.29) is 30.6 Å². The average Bonchev–Trinajstić information content (AvgIpc) is 3.50. The second-order valence-corrected chi connectivity index (χ2v) is 9.32. The van der Waals surface area contributed by atoms with E-state index in [1.165, 1.54) is 11.6 Å². The van der Waals surface area contributed by atoms with E-state index in [0.717, 1.165) is 34.5 Å².